The topological polar surface area (TPSA) is 36.7 Å². The number of hydrogen-bond acceptors (Lipinski definition) is 3. The Morgan fingerprint density at radius 1 is 1.54 bits per heavy atom. The van der Waals surface area contributed by atoms with Crippen molar-refractivity contribution in [3.63, 3.8) is 0 Å². The minimum absolute atomic E-state index is 0.360. The summed E-state index contributed by atoms with van der Waals surface area (Å²) in [4.78, 5) is 4.26. The van der Waals surface area contributed by atoms with Crippen molar-refractivity contribution < 1.29 is 0 Å². The van der Waals surface area contributed by atoms with Gasteiger partial charge >= 0.3 is 0 Å². The molecule has 0 aliphatic carbocycles. The second-order valence-corrected chi connectivity index (χ2v) is 4.50. The number of hydrogen-bond donors (Lipinski definition) is 0. The fourth-order valence-corrected chi connectivity index (χ4v) is 2.85. The van der Waals surface area contributed by atoms with E-state index in [9.17, 15) is 0 Å². The molecule has 1 aliphatic rings. The number of thioether (sulfide) groups is 1. The highest BCUT2D eigenvalue weighted by Gasteiger charge is 2.37. The van der Waals surface area contributed by atoms with E-state index in [2.05, 4.69) is 11.1 Å². The Bertz CT molecular complexity index is 323. The van der Waals surface area contributed by atoms with Crippen LogP contribution in [0.15, 0.2) is 24.4 Å². The number of rotatable bonds is 1. The van der Waals surface area contributed by atoms with E-state index >= 15 is 0 Å². The quantitative estimate of drug-likeness (QED) is 0.682. The van der Waals surface area contributed by atoms with Crippen LogP contribution in [0.5, 0.6) is 0 Å². The Morgan fingerprint density at radius 2 is 2.46 bits per heavy atom. The fraction of sp³-hybridized carbons (Fsp3) is 0.400. The van der Waals surface area contributed by atoms with Crippen LogP contribution in [0.2, 0.25) is 0 Å². The lowest BCUT2D eigenvalue weighted by molar-refractivity contribution is 0.698. The average Bonchev–Trinajstić information content (AvgIpc) is 2.69. The average molecular weight is 190 g/mol. The number of aromatic nitrogens is 1. The molecular weight excluding hydrogens is 180 g/mol. The van der Waals surface area contributed by atoms with Crippen LogP contribution in [0, 0.1) is 11.3 Å². The first-order valence-corrected chi connectivity index (χ1v) is 5.33. The molecule has 0 spiro atoms. The van der Waals surface area contributed by atoms with Gasteiger partial charge in [-0.05, 0) is 30.7 Å². The molecule has 0 saturated carbocycles. The standard InChI is InChI=1S/C10H10N2S/c11-8-10(5-3-7-13-10)9-4-1-2-6-12-9/h1-2,4,6H,3,5,7H2. The van der Waals surface area contributed by atoms with Crippen molar-refractivity contribution in [2.75, 3.05) is 5.75 Å². The summed E-state index contributed by atoms with van der Waals surface area (Å²) in [5.74, 6) is 1.07. The molecule has 1 aliphatic heterocycles. The first-order chi connectivity index (χ1) is 6.37. The lowest BCUT2D eigenvalue weighted by Gasteiger charge is -2.17. The Labute approximate surface area is 82.0 Å². The molecule has 13 heavy (non-hydrogen) atoms. The van der Waals surface area contributed by atoms with E-state index in [1.165, 1.54) is 0 Å². The zero-order valence-electron chi connectivity index (χ0n) is 7.23. The molecule has 2 nitrogen and oxygen atoms in total. The lowest BCUT2D eigenvalue weighted by atomic mass is 10.0. The van der Waals surface area contributed by atoms with Gasteiger partial charge in [0.1, 0.15) is 4.75 Å². The van der Waals surface area contributed by atoms with Crippen LogP contribution in [0.1, 0.15) is 18.5 Å². The Kier molecular flexibility index (Phi) is 2.24. The van der Waals surface area contributed by atoms with Crippen molar-refractivity contribution in [2.45, 2.75) is 17.6 Å². The minimum atomic E-state index is -0.360. The Morgan fingerprint density at radius 3 is 3.00 bits per heavy atom. The number of nitriles is 1. The monoisotopic (exact) mass is 190 g/mol. The van der Waals surface area contributed by atoms with Gasteiger partial charge in [-0.1, -0.05) is 6.07 Å². The Balaban J connectivity index is 2.38. The molecule has 0 amide bonds. The molecule has 1 aromatic heterocycles. The highest BCUT2D eigenvalue weighted by molar-refractivity contribution is 8.00. The maximum Gasteiger partial charge on any atom is 0.144 e. The van der Waals surface area contributed by atoms with Crippen LogP contribution in [-0.4, -0.2) is 10.7 Å². The van der Waals surface area contributed by atoms with Crippen LogP contribution in [0.3, 0.4) is 0 Å². The predicted octanol–water partition coefficient (Wildman–Crippen LogP) is 2.33. The summed E-state index contributed by atoms with van der Waals surface area (Å²) in [6.45, 7) is 0. The largest absolute Gasteiger partial charge is 0.259 e. The molecule has 3 heteroatoms. The van der Waals surface area contributed by atoms with Crippen LogP contribution in [0.4, 0.5) is 0 Å². The van der Waals surface area contributed by atoms with Crippen LogP contribution in [0.25, 0.3) is 0 Å². The Hall–Kier alpha value is -1.01. The van der Waals surface area contributed by atoms with E-state index in [0.29, 0.717) is 0 Å². The summed E-state index contributed by atoms with van der Waals surface area (Å²) in [7, 11) is 0. The third-order valence-corrected chi connectivity index (χ3v) is 3.77. The molecule has 1 aromatic rings. The summed E-state index contributed by atoms with van der Waals surface area (Å²) >= 11 is 1.72. The lowest BCUT2D eigenvalue weighted by Crippen LogP contribution is -2.16. The van der Waals surface area contributed by atoms with Gasteiger partial charge in [-0.2, -0.15) is 5.26 Å². The zero-order chi connectivity index (χ0) is 9.15. The van der Waals surface area contributed by atoms with E-state index < -0.39 is 0 Å². The maximum atomic E-state index is 9.16. The second kappa shape index (κ2) is 3.39. The molecule has 2 rings (SSSR count). The first-order valence-electron chi connectivity index (χ1n) is 4.34. The van der Waals surface area contributed by atoms with Gasteiger partial charge < -0.3 is 0 Å². The summed E-state index contributed by atoms with van der Waals surface area (Å²) in [5.41, 5.74) is 0.917. The van der Waals surface area contributed by atoms with Crippen molar-refractivity contribution in [1.29, 1.82) is 5.26 Å². The van der Waals surface area contributed by atoms with Gasteiger partial charge in [-0.3, -0.25) is 4.98 Å². The molecule has 0 bridgehead atoms. The fourth-order valence-electron chi connectivity index (χ4n) is 1.59. The van der Waals surface area contributed by atoms with E-state index in [0.717, 1.165) is 24.3 Å². The molecule has 1 saturated heterocycles. The first kappa shape index (κ1) is 8.58. The third kappa shape index (κ3) is 1.42. The molecular formula is C10H10N2S. The van der Waals surface area contributed by atoms with E-state index in [1.54, 1.807) is 18.0 Å². The van der Waals surface area contributed by atoms with Gasteiger partial charge in [0.2, 0.25) is 0 Å². The molecule has 1 fully saturated rings. The summed E-state index contributed by atoms with van der Waals surface area (Å²) < 4.78 is -0.360. The van der Waals surface area contributed by atoms with Crippen LogP contribution >= 0.6 is 11.8 Å². The molecule has 2 heterocycles. The highest BCUT2D eigenvalue weighted by Crippen LogP contribution is 2.44. The number of nitrogens with zero attached hydrogens (tertiary/aromatic N) is 2. The molecule has 1 unspecified atom stereocenters. The minimum Gasteiger partial charge on any atom is -0.259 e. The van der Waals surface area contributed by atoms with Gasteiger partial charge in [-0.15, -0.1) is 11.8 Å². The second-order valence-electron chi connectivity index (χ2n) is 3.11. The van der Waals surface area contributed by atoms with E-state index in [4.69, 9.17) is 5.26 Å². The third-order valence-electron chi connectivity index (χ3n) is 2.28. The van der Waals surface area contributed by atoms with Gasteiger partial charge in [-0.25, -0.2) is 0 Å². The van der Waals surface area contributed by atoms with Crippen molar-refractivity contribution in [1.82, 2.24) is 4.98 Å². The van der Waals surface area contributed by atoms with Crippen molar-refractivity contribution in [3.8, 4) is 6.07 Å². The zero-order valence-corrected chi connectivity index (χ0v) is 8.05. The van der Waals surface area contributed by atoms with Gasteiger partial charge in [0, 0.05) is 6.20 Å². The van der Waals surface area contributed by atoms with Crippen molar-refractivity contribution in [3.05, 3.63) is 30.1 Å². The van der Waals surface area contributed by atoms with Gasteiger partial charge in [0.25, 0.3) is 0 Å². The van der Waals surface area contributed by atoms with E-state index in [-0.39, 0.29) is 4.75 Å². The smallest absolute Gasteiger partial charge is 0.144 e. The summed E-state index contributed by atoms with van der Waals surface area (Å²) in [6.07, 6.45) is 3.81. The number of pyridine rings is 1. The van der Waals surface area contributed by atoms with Crippen LogP contribution < -0.4 is 0 Å². The normalized spacial score (nSPS) is 27.0. The molecule has 0 N–H and O–H groups in total. The van der Waals surface area contributed by atoms with Crippen molar-refractivity contribution >= 4 is 11.8 Å². The van der Waals surface area contributed by atoms with Crippen LogP contribution in [-0.2, 0) is 4.75 Å². The predicted molar refractivity (Wildman–Crippen MR) is 53.2 cm³/mol. The van der Waals surface area contributed by atoms with Gasteiger partial charge in [0.05, 0.1) is 11.8 Å². The highest BCUT2D eigenvalue weighted by atomic mass is 32.2. The summed E-state index contributed by atoms with van der Waals surface area (Å²) in [6, 6.07) is 8.17. The SMILES string of the molecule is N#CC1(c2ccccn2)CCCS1. The summed E-state index contributed by atoms with van der Waals surface area (Å²) in [5, 5.41) is 9.16. The molecule has 1 atom stereocenters. The van der Waals surface area contributed by atoms with Gasteiger partial charge in [0.15, 0.2) is 0 Å². The molecule has 66 valence electrons. The molecule has 0 radical (unpaired) electrons. The van der Waals surface area contributed by atoms with E-state index in [1.807, 2.05) is 18.2 Å². The van der Waals surface area contributed by atoms with Crippen molar-refractivity contribution in [2.24, 2.45) is 0 Å². The molecule has 0 aromatic carbocycles. The maximum absolute atomic E-state index is 9.16.